The number of rotatable bonds is 14. The quantitative estimate of drug-likeness (QED) is 0.304. The number of aryl methyl sites for hydroxylation is 1. The molecule has 1 aliphatic rings. The summed E-state index contributed by atoms with van der Waals surface area (Å²) in [5, 5.41) is 16.3. The summed E-state index contributed by atoms with van der Waals surface area (Å²) >= 11 is 1.57. The van der Waals surface area contributed by atoms with Crippen molar-refractivity contribution in [3.05, 3.63) is 59.2 Å². The van der Waals surface area contributed by atoms with Crippen molar-refractivity contribution < 1.29 is 35.0 Å². The van der Waals surface area contributed by atoms with E-state index >= 15 is 0 Å². The van der Waals surface area contributed by atoms with Crippen LogP contribution in [-0.4, -0.2) is 41.1 Å². The van der Waals surface area contributed by atoms with E-state index in [2.05, 4.69) is 30.5 Å². The molecule has 0 aliphatic heterocycles. The van der Waals surface area contributed by atoms with E-state index in [1.807, 2.05) is 49.6 Å². The Morgan fingerprint density at radius 1 is 1.08 bits per heavy atom. The predicted molar refractivity (Wildman–Crippen MR) is 161 cm³/mol. The monoisotopic (exact) mass is 546 g/mol. The molecule has 2 aromatic rings. The van der Waals surface area contributed by atoms with Gasteiger partial charge in [0.15, 0.2) is 0 Å². The summed E-state index contributed by atoms with van der Waals surface area (Å²) in [6, 6.07) is 13.8. The molecule has 0 aromatic heterocycles. The average Bonchev–Trinajstić information content (AvgIpc) is 2.91. The molecule has 3 rings (SSSR count). The van der Waals surface area contributed by atoms with Crippen LogP contribution >= 0.6 is 11.8 Å². The number of hydrogen-bond acceptors (Lipinski definition) is 4. The number of benzene rings is 2. The van der Waals surface area contributed by atoms with Crippen LogP contribution in [0.25, 0.3) is 11.1 Å². The number of aliphatic carboxylic acids is 1. The van der Waals surface area contributed by atoms with Gasteiger partial charge in [0.2, 0.25) is 0 Å². The van der Waals surface area contributed by atoms with Crippen LogP contribution in [0.15, 0.2) is 42.5 Å². The first-order valence-corrected chi connectivity index (χ1v) is 15.7. The maximum atomic E-state index is 13.4. The summed E-state index contributed by atoms with van der Waals surface area (Å²) in [5.41, 5.74) is 4.58. The van der Waals surface area contributed by atoms with Gasteiger partial charge in [-0.2, -0.15) is 11.8 Å². The Hall–Kier alpha value is -1.71. The van der Waals surface area contributed by atoms with Crippen molar-refractivity contribution in [2.45, 2.75) is 96.7 Å². The zero-order valence-corrected chi connectivity index (χ0v) is 25.4. The van der Waals surface area contributed by atoms with E-state index in [4.69, 9.17) is 0 Å². The third-order valence-corrected chi connectivity index (χ3v) is 8.55. The topological polar surface area (TPSA) is 78.4 Å². The second-order valence-electron chi connectivity index (χ2n) is 10.9. The van der Waals surface area contributed by atoms with Gasteiger partial charge in [-0.25, -0.2) is 4.79 Å². The van der Waals surface area contributed by atoms with Gasteiger partial charge in [-0.05, 0) is 85.4 Å². The third kappa shape index (κ3) is 10.0. The molecule has 0 radical (unpaired) electrons. The van der Waals surface area contributed by atoms with Gasteiger partial charge in [0.05, 0.1) is 0 Å². The average molecular weight is 547 g/mol. The summed E-state index contributed by atoms with van der Waals surface area (Å²) in [7, 11) is 0. The number of carboxylic acids is 1. The van der Waals surface area contributed by atoms with E-state index in [9.17, 15) is 14.7 Å². The van der Waals surface area contributed by atoms with Crippen LogP contribution in [-0.2, 0) is 4.79 Å². The molecule has 3 atom stereocenters. The number of carbonyl (C=O) groups excluding carboxylic acids is 1. The van der Waals surface area contributed by atoms with E-state index < -0.39 is 12.0 Å². The zero-order chi connectivity index (χ0) is 27.5. The van der Waals surface area contributed by atoms with Crippen molar-refractivity contribution in [2.75, 3.05) is 12.0 Å². The normalized spacial score (nSPS) is 16.1. The second kappa shape index (κ2) is 17.2. The fourth-order valence-corrected chi connectivity index (χ4v) is 6.22. The summed E-state index contributed by atoms with van der Waals surface area (Å²) in [4.78, 5) is 25.2. The van der Waals surface area contributed by atoms with Crippen molar-refractivity contribution in [1.29, 1.82) is 0 Å². The molecule has 1 aliphatic carbocycles. The zero-order valence-electron chi connectivity index (χ0n) is 25.6. The minimum Gasteiger partial charge on any atom is -1.00 e. The molecule has 5 nitrogen and oxygen atoms in total. The molecule has 0 spiro atoms. The minimum atomic E-state index is -1.00. The van der Waals surface area contributed by atoms with Gasteiger partial charge in [0.1, 0.15) is 6.04 Å². The van der Waals surface area contributed by atoms with Crippen LogP contribution in [0.2, 0.25) is 0 Å². The van der Waals surface area contributed by atoms with E-state index in [1.54, 1.807) is 11.8 Å². The molecular formula is C32H47LiN2O3S. The van der Waals surface area contributed by atoms with Crippen LogP contribution in [0.1, 0.15) is 101 Å². The molecule has 0 heterocycles. The molecule has 1 fully saturated rings. The third-order valence-electron chi connectivity index (χ3n) is 7.90. The van der Waals surface area contributed by atoms with Gasteiger partial charge in [-0.3, -0.25) is 4.79 Å². The number of amides is 1. The van der Waals surface area contributed by atoms with E-state index in [1.165, 1.54) is 44.9 Å². The molecular weight excluding hydrogens is 499 g/mol. The summed E-state index contributed by atoms with van der Waals surface area (Å²) in [6.07, 6.45) is 12.7. The largest absolute Gasteiger partial charge is 1.00 e. The van der Waals surface area contributed by atoms with Crippen LogP contribution in [0.3, 0.4) is 0 Å². The smallest absolute Gasteiger partial charge is 1.00 e. The SMILES string of the molecule is CCCC(CC1CCCCC1)NC(C)c1ccc(C(=O)NC(CCSC)C(=O)O)c(-c2ccccc2C)c1.[H-].[Li+]. The molecule has 3 N–H and O–H groups in total. The molecule has 7 heteroatoms. The van der Waals surface area contributed by atoms with E-state index in [0.717, 1.165) is 34.6 Å². The van der Waals surface area contributed by atoms with Crippen molar-refractivity contribution in [3.63, 3.8) is 0 Å². The minimum absolute atomic E-state index is 0. The van der Waals surface area contributed by atoms with Crippen molar-refractivity contribution in [1.82, 2.24) is 10.6 Å². The fraction of sp³-hybridized carbons (Fsp3) is 0.562. The number of carboxylic acid groups (broad SMARTS) is 1. The number of hydrogen-bond donors (Lipinski definition) is 3. The predicted octanol–water partition coefficient (Wildman–Crippen LogP) is 4.50. The van der Waals surface area contributed by atoms with Gasteiger partial charge in [-0.1, -0.05) is 75.8 Å². The molecule has 0 bridgehead atoms. The van der Waals surface area contributed by atoms with Crippen molar-refractivity contribution in [2.24, 2.45) is 5.92 Å². The van der Waals surface area contributed by atoms with E-state index in [0.29, 0.717) is 23.8 Å². The first-order chi connectivity index (χ1) is 18.3. The van der Waals surface area contributed by atoms with E-state index in [-0.39, 0.29) is 32.2 Å². The molecule has 1 amide bonds. The Labute approximate surface area is 253 Å². The molecule has 1 saturated carbocycles. The van der Waals surface area contributed by atoms with Crippen molar-refractivity contribution in [3.8, 4) is 11.1 Å². The maximum absolute atomic E-state index is 13.4. The molecule has 210 valence electrons. The Morgan fingerprint density at radius 3 is 2.44 bits per heavy atom. The first kappa shape index (κ1) is 33.5. The Balaban J connectivity index is 0.00000400. The standard InChI is InChI=1S/C32H46N2O3S.Li.H/c1-5-11-26(20-24-13-7-6-8-14-24)33-23(3)25-16-17-28(29(21-25)27-15-10-9-12-22(27)2)31(35)34-30(32(36)37)18-19-38-4;;/h9-10,12,15-17,21,23-24,26,30,33H,5-8,11,13-14,18-20H2,1-4H3,(H,34,35)(H,36,37);;/q;+1;-1. The summed E-state index contributed by atoms with van der Waals surface area (Å²) in [5.74, 6) is 0.148. The second-order valence-corrected chi connectivity index (χ2v) is 11.9. The van der Waals surface area contributed by atoms with Crippen LogP contribution < -0.4 is 29.5 Å². The summed E-state index contributed by atoms with van der Waals surface area (Å²) < 4.78 is 0. The van der Waals surface area contributed by atoms with Crippen LogP contribution in [0.5, 0.6) is 0 Å². The van der Waals surface area contributed by atoms with Gasteiger partial charge < -0.3 is 17.2 Å². The Morgan fingerprint density at radius 2 is 1.79 bits per heavy atom. The molecule has 3 unspecified atom stereocenters. The summed E-state index contributed by atoms with van der Waals surface area (Å²) in [6.45, 7) is 6.52. The number of thioether (sulfide) groups is 1. The molecule has 2 aromatic carbocycles. The maximum Gasteiger partial charge on any atom is 1.00 e. The number of nitrogens with one attached hydrogen (secondary N) is 2. The van der Waals surface area contributed by atoms with Crippen molar-refractivity contribution >= 4 is 23.6 Å². The Kier molecular flexibility index (Phi) is 14.8. The molecule has 0 saturated heterocycles. The number of carbonyl (C=O) groups is 2. The van der Waals surface area contributed by atoms with Gasteiger partial charge in [0.25, 0.3) is 5.91 Å². The Bertz CT molecular complexity index is 1060. The van der Waals surface area contributed by atoms with Crippen LogP contribution in [0.4, 0.5) is 0 Å². The first-order valence-electron chi connectivity index (χ1n) is 14.3. The van der Waals surface area contributed by atoms with Crippen LogP contribution in [0, 0.1) is 12.8 Å². The van der Waals surface area contributed by atoms with Gasteiger partial charge >= 0.3 is 24.8 Å². The van der Waals surface area contributed by atoms with Gasteiger partial charge in [0, 0.05) is 17.6 Å². The molecule has 39 heavy (non-hydrogen) atoms. The fourth-order valence-electron chi connectivity index (χ4n) is 5.75. The van der Waals surface area contributed by atoms with Gasteiger partial charge in [-0.15, -0.1) is 0 Å².